The summed E-state index contributed by atoms with van der Waals surface area (Å²) in [7, 11) is 0. The molecule has 2 amide bonds. The molecule has 0 bridgehead atoms. The molecule has 5 aliphatic rings. The van der Waals surface area contributed by atoms with Crippen LogP contribution in [0.2, 0.25) is 0 Å². The number of rotatable bonds is 12. The highest BCUT2D eigenvalue weighted by Gasteiger charge is 2.71. The van der Waals surface area contributed by atoms with Crippen molar-refractivity contribution in [2.24, 2.45) is 56.7 Å². The lowest BCUT2D eigenvalue weighted by Gasteiger charge is -2.72. The van der Waals surface area contributed by atoms with E-state index in [1.165, 1.54) is 37.3 Å². The van der Waals surface area contributed by atoms with E-state index in [9.17, 15) is 24.6 Å². The molecule has 0 aliphatic heterocycles. The number of unbranched alkanes of at least 4 members (excludes halogenated alkanes) is 4. The van der Waals surface area contributed by atoms with Crippen LogP contribution in [-0.4, -0.2) is 40.6 Å². The van der Waals surface area contributed by atoms with E-state index in [1.807, 2.05) is 0 Å². The number of carbonyl (C=O) groups is 3. The minimum Gasteiger partial charge on any atom is -0.478 e. The van der Waals surface area contributed by atoms with Crippen LogP contribution in [0.1, 0.15) is 155 Å². The van der Waals surface area contributed by atoms with Gasteiger partial charge in [0.15, 0.2) is 0 Å². The number of hydrogen-bond acceptors (Lipinski definition) is 4. The van der Waals surface area contributed by atoms with Crippen LogP contribution in [0.5, 0.6) is 0 Å². The minimum atomic E-state index is -1.05. The molecule has 7 nitrogen and oxygen atoms in total. The van der Waals surface area contributed by atoms with Gasteiger partial charge in [-0.2, -0.15) is 0 Å². The first-order valence-corrected chi connectivity index (χ1v) is 20.8. The van der Waals surface area contributed by atoms with E-state index in [1.54, 1.807) is 18.2 Å². The van der Waals surface area contributed by atoms with E-state index in [4.69, 9.17) is 0 Å². The number of allylic oxidation sites excluding steroid dienone is 1. The summed E-state index contributed by atoms with van der Waals surface area (Å²) in [5, 5.41) is 26.6. The molecule has 6 rings (SSSR count). The van der Waals surface area contributed by atoms with E-state index in [0.717, 1.165) is 70.6 Å². The molecule has 1 aromatic rings. The molecule has 4 N–H and O–H groups in total. The van der Waals surface area contributed by atoms with Gasteiger partial charge in [-0.15, -0.1) is 0 Å². The maximum atomic E-state index is 14.4. The Bertz CT molecular complexity index is 1540. The third-order valence-electron chi connectivity index (χ3n) is 16.8. The van der Waals surface area contributed by atoms with Crippen LogP contribution in [0.3, 0.4) is 0 Å². The fourth-order valence-corrected chi connectivity index (χ4v) is 13.8. The highest BCUT2D eigenvalue weighted by molar-refractivity contribution is 6.00. The summed E-state index contributed by atoms with van der Waals surface area (Å²) in [6.07, 6.45) is 15.8. The van der Waals surface area contributed by atoms with Crippen molar-refractivity contribution in [3.63, 3.8) is 0 Å². The van der Waals surface area contributed by atoms with Crippen molar-refractivity contribution in [3.05, 3.63) is 42.0 Å². The Kier molecular flexibility index (Phi) is 10.9. The number of para-hydroxylation sites is 1. The second kappa shape index (κ2) is 14.5. The number of carboxylic acids is 1. The van der Waals surface area contributed by atoms with Gasteiger partial charge in [0, 0.05) is 13.0 Å². The molecule has 5 fully saturated rings. The number of anilines is 1. The Morgan fingerprint density at radius 2 is 1.52 bits per heavy atom. The Morgan fingerprint density at radius 3 is 2.25 bits per heavy atom. The number of benzene rings is 1. The monoisotopic (exact) mass is 717 g/mol. The molecule has 288 valence electrons. The minimum absolute atomic E-state index is 0.0447. The van der Waals surface area contributed by atoms with Crippen LogP contribution >= 0.6 is 0 Å². The molecular formula is C45H68N2O5. The molecule has 5 saturated carbocycles. The fourth-order valence-electron chi connectivity index (χ4n) is 13.8. The van der Waals surface area contributed by atoms with Crippen molar-refractivity contribution in [2.45, 2.75) is 150 Å². The van der Waals surface area contributed by atoms with Crippen molar-refractivity contribution >= 4 is 23.5 Å². The van der Waals surface area contributed by atoms with Gasteiger partial charge in [-0.1, -0.05) is 78.2 Å². The van der Waals surface area contributed by atoms with E-state index in [-0.39, 0.29) is 50.6 Å². The second-order valence-corrected chi connectivity index (χ2v) is 19.4. The molecule has 1 aromatic carbocycles. The predicted molar refractivity (Wildman–Crippen MR) is 208 cm³/mol. The molecule has 5 aliphatic carbocycles. The van der Waals surface area contributed by atoms with Crippen molar-refractivity contribution in [1.29, 1.82) is 0 Å². The first kappa shape index (κ1) is 39.0. The lowest BCUT2D eigenvalue weighted by atomic mass is 9.32. The number of hydrogen-bond donors (Lipinski definition) is 4. The summed E-state index contributed by atoms with van der Waals surface area (Å²) in [6.45, 7) is 19.9. The summed E-state index contributed by atoms with van der Waals surface area (Å²) < 4.78 is 0. The van der Waals surface area contributed by atoms with Crippen LogP contribution in [-0.2, 0) is 9.59 Å². The van der Waals surface area contributed by atoms with Crippen LogP contribution in [0, 0.1) is 56.7 Å². The van der Waals surface area contributed by atoms with Crippen molar-refractivity contribution in [1.82, 2.24) is 5.32 Å². The van der Waals surface area contributed by atoms with Crippen LogP contribution in [0.4, 0.5) is 5.69 Å². The summed E-state index contributed by atoms with van der Waals surface area (Å²) >= 11 is 0. The Balaban J connectivity index is 1.04. The molecule has 10 atom stereocenters. The number of fused-ring (bicyclic) bond motifs is 7. The average molecular weight is 717 g/mol. The lowest BCUT2D eigenvalue weighted by molar-refractivity contribution is -0.246. The molecule has 0 saturated heterocycles. The third-order valence-corrected chi connectivity index (χ3v) is 16.8. The van der Waals surface area contributed by atoms with Crippen LogP contribution < -0.4 is 10.6 Å². The first-order valence-electron chi connectivity index (χ1n) is 20.8. The van der Waals surface area contributed by atoms with Gasteiger partial charge in [0.25, 0.3) is 0 Å². The molecule has 0 radical (unpaired) electrons. The number of carboxylic acid groups (broad SMARTS) is 1. The summed E-state index contributed by atoms with van der Waals surface area (Å²) in [5.74, 6) is 1.56. The SMILES string of the molecule is C=C(C)[C@@H]1CC[C@]2(C(=O)NCCCCCCCC(=O)Nc3ccccc3C(=O)O)CC[C@]3(C)[C@H](CC[C@@H]4[C@@]5(C)CC[C@H](O)C(C)(C)[C@@H]5CC[C@]43C)[C@@H]12. The number of aliphatic hydroxyl groups is 1. The molecule has 52 heavy (non-hydrogen) atoms. The zero-order valence-corrected chi connectivity index (χ0v) is 33.1. The summed E-state index contributed by atoms with van der Waals surface area (Å²) in [4.78, 5) is 38.3. The highest BCUT2D eigenvalue weighted by atomic mass is 16.4. The van der Waals surface area contributed by atoms with Crippen LogP contribution in [0.15, 0.2) is 36.4 Å². The third kappa shape index (κ3) is 6.37. The molecule has 0 spiro atoms. The number of aliphatic hydroxyl groups excluding tert-OH is 1. The second-order valence-electron chi connectivity index (χ2n) is 19.4. The molecule has 0 heterocycles. The van der Waals surface area contributed by atoms with Crippen LogP contribution in [0.25, 0.3) is 0 Å². The zero-order valence-electron chi connectivity index (χ0n) is 33.1. The smallest absolute Gasteiger partial charge is 0.337 e. The number of carbonyl (C=O) groups excluding carboxylic acids is 2. The van der Waals surface area contributed by atoms with E-state index in [0.29, 0.717) is 48.2 Å². The van der Waals surface area contributed by atoms with Gasteiger partial charge in [-0.05, 0) is 147 Å². The normalized spacial score (nSPS) is 38.9. The van der Waals surface area contributed by atoms with Gasteiger partial charge in [0.05, 0.1) is 22.8 Å². The molecule has 0 unspecified atom stereocenters. The van der Waals surface area contributed by atoms with Gasteiger partial charge >= 0.3 is 5.97 Å². The maximum Gasteiger partial charge on any atom is 0.337 e. The van der Waals surface area contributed by atoms with Crippen molar-refractivity contribution in [2.75, 3.05) is 11.9 Å². The fraction of sp³-hybridized carbons (Fsp3) is 0.756. The Labute approximate surface area is 313 Å². The standard InChI is InChI=1S/C45H68N2O5/c1-29(2)30-20-25-45(40(52)46-28-14-10-8-9-11-17-37(49)47-33-16-13-12-15-31(33)39(50)51)27-26-43(6)32(38(30)45)18-19-35-42(5)23-22-36(48)41(3,4)34(42)21-24-44(35,43)7/h12-13,15-16,30,32,34-36,38,48H,1,8-11,14,17-28H2,2-7H3,(H,46,52)(H,47,49)(H,50,51)/t30-,32+,34-,35+,36-,38+,42-,43+,44+,45-/m0/s1. The van der Waals surface area contributed by atoms with E-state index >= 15 is 0 Å². The van der Waals surface area contributed by atoms with Crippen molar-refractivity contribution in [3.8, 4) is 0 Å². The largest absolute Gasteiger partial charge is 0.478 e. The van der Waals surface area contributed by atoms with Crippen molar-refractivity contribution < 1.29 is 24.6 Å². The zero-order chi connectivity index (χ0) is 37.7. The Morgan fingerprint density at radius 1 is 0.808 bits per heavy atom. The van der Waals surface area contributed by atoms with Gasteiger partial charge in [-0.3, -0.25) is 9.59 Å². The molecular weight excluding hydrogens is 649 g/mol. The van der Waals surface area contributed by atoms with Gasteiger partial charge in [0.2, 0.25) is 11.8 Å². The molecule has 0 aromatic heterocycles. The number of nitrogens with one attached hydrogen (secondary N) is 2. The quantitative estimate of drug-likeness (QED) is 0.127. The first-order chi connectivity index (χ1) is 24.5. The maximum absolute atomic E-state index is 14.4. The van der Waals surface area contributed by atoms with E-state index < -0.39 is 5.97 Å². The number of aromatic carboxylic acids is 1. The van der Waals surface area contributed by atoms with Gasteiger partial charge in [0.1, 0.15) is 0 Å². The van der Waals surface area contributed by atoms with Gasteiger partial charge in [-0.25, -0.2) is 4.79 Å². The van der Waals surface area contributed by atoms with Gasteiger partial charge < -0.3 is 20.8 Å². The Hall–Kier alpha value is -2.67. The number of amides is 2. The summed E-state index contributed by atoms with van der Waals surface area (Å²) in [6, 6.07) is 6.48. The predicted octanol–water partition coefficient (Wildman–Crippen LogP) is 9.80. The highest BCUT2D eigenvalue weighted by Crippen LogP contribution is 2.77. The summed E-state index contributed by atoms with van der Waals surface area (Å²) in [5.41, 5.74) is 2.02. The average Bonchev–Trinajstić information content (AvgIpc) is 3.49. The topological polar surface area (TPSA) is 116 Å². The molecule has 7 heteroatoms. The lowest BCUT2D eigenvalue weighted by Crippen LogP contribution is -2.67. The van der Waals surface area contributed by atoms with E-state index in [2.05, 4.69) is 58.8 Å².